The van der Waals surface area contributed by atoms with Crippen LogP contribution in [-0.4, -0.2) is 15.8 Å². The van der Waals surface area contributed by atoms with Gasteiger partial charge in [0.05, 0.1) is 5.60 Å². The van der Waals surface area contributed by atoms with Crippen LogP contribution in [-0.2, 0) is 0 Å². The van der Waals surface area contributed by atoms with Crippen LogP contribution in [0, 0.1) is 5.41 Å². The van der Waals surface area contributed by atoms with E-state index in [-0.39, 0.29) is 11.2 Å². The summed E-state index contributed by atoms with van der Waals surface area (Å²) in [4.78, 5) is 0. The lowest BCUT2D eigenvalue weighted by molar-refractivity contribution is 0.0670. The van der Waals surface area contributed by atoms with Crippen molar-refractivity contribution in [1.82, 2.24) is 0 Å². The summed E-state index contributed by atoms with van der Waals surface area (Å²) in [6.45, 7) is 10.4. The summed E-state index contributed by atoms with van der Waals surface area (Å²) < 4.78 is 0. The van der Waals surface area contributed by atoms with Gasteiger partial charge in [-0.15, -0.1) is 6.58 Å². The largest absolute Gasteiger partial charge is 0.508 e. The van der Waals surface area contributed by atoms with E-state index in [9.17, 15) is 10.2 Å². The molecule has 1 atom stereocenters. The van der Waals surface area contributed by atoms with Gasteiger partial charge in [-0.25, -0.2) is 0 Å². The summed E-state index contributed by atoms with van der Waals surface area (Å²) in [6.07, 6.45) is 17.0. The maximum absolute atomic E-state index is 10.9. The first-order chi connectivity index (χ1) is 12.4. The molecule has 0 spiro atoms. The van der Waals surface area contributed by atoms with E-state index >= 15 is 0 Å². The number of rotatable bonds is 12. The lowest BCUT2D eigenvalue weighted by Crippen LogP contribution is -2.25. The highest BCUT2D eigenvalue weighted by atomic mass is 16.3. The second kappa shape index (κ2) is 11.0. The number of aliphatic hydroxyl groups is 1. The number of benzene rings is 1. The van der Waals surface area contributed by atoms with Gasteiger partial charge in [-0.1, -0.05) is 89.0 Å². The molecule has 2 nitrogen and oxygen atoms in total. The molecule has 0 heterocycles. The Morgan fingerprint density at radius 3 is 2.08 bits per heavy atom. The molecule has 1 rings (SSSR count). The molecule has 0 saturated carbocycles. The van der Waals surface area contributed by atoms with Crippen molar-refractivity contribution in [2.45, 2.75) is 71.3 Å². The highest BCUT2D eigenvalue weighted by molar-refractivity contribution is 5.51. The standard InChI is InChI=1S/C24H36O2/c1-5-8-17-24(26,18-9-6-2)19-10-16-23(4,7-3)20-15-21-11-13-22(25)14-12-21/h7,10-15,19-20,25-26H,3,5-6,8-9,16-18H2,1-2,4H3/b19-10+,20-15+/t23-/m1/s1. The van der Waals surface area contributed by atoms with E-state index in [1.807, 2.05) is 24.3 Å². The van der Waals surface area contributed by atoms with Crippen molar-refractivity contribution < 1.29 is 10.2 Å². The SMILES string of the molecule is C=C[C@@](C)(/C=C/c1ccc(O)cc1)C/C=C/C(O)(CCCC)CCCC. The predicted octanol–water partition coefficient (Wildman–Crippen LogP) is 6.66. The van der Waals surface area contributed by atoms with E-state index in [1.54, 1.807) is 12.1 Å². The van der Waals surface area contributed by atoms with E-state index < -0.39 is 5.60 Å². The van der Waals surface area contributed by atoms with Crippen LogP contribution in [0.2, 0.25) is 0 Å². The van der Waals surface area contributed by atoms with Crippen molar-refractivity contribution >= 4 is 6.08 Å². The van der Waals surface area contributed by atoms with Crippen molar-refractivity contribution in [3.63, 3.8) is 0 Å². The van der Waals surface area contributed by atoms with Crippen LogP contribution < -0.4 is 0 Å². The number of allylic oxidation sites excluding steroid dienone is 3. The fourth-order valence-electron chi connectivity index (χ4n) is 2.88. The van der Waals surface area contributed by atoms with E-state index in [0.29, 0.717) is 0 Å². The molecule has 144 valence electrons. The van der Waals surface area contributed by atoms with Gasteiger partial charge in [-0.05, 0) is 37.0 Å². The summed E-state index contributed by atoms with van der Waals surface area (Å²) in [5.41, 5.74) is 0.182. The van der Waals surface area contributed by atoms with Crippen LogP contribution in [0.25, 0.3) is 6.08 Å². The smallest absolute Gasteiger partial charge is 0.115 e. The highest BCUT2D eigenvalue weighted by Crippen LogP contribution is 2.29. The van der Waals surface area contributed by atoms with Gasteiger partial charge in [0.2, 0.25) is 0 Å². The minimum absolute atomic E-state index is 0.176. The Kier molecular flexibility index (Phi) is 9.43. The highest BCUT2D eigenvalue weighted by Gasteiger charge is 2.22. The second-order valence-corrected chi connectivity index (χ2v) is 7.55. The number of phenolic OH excluding ortho intramolecular Hbond substituents is 1. The van der Waals surface area contributed by atoms with E-state index in [1.165, 1.54) is 0 Å². The van der Waals surface area contributed by atoms with Crippen LogP contribution >= 0.6 is 0 Å². The first kappa shape index (κ1) is 22.2. The maximum atomic E-state index is 10.9. The normalized spacial score (nSPS) is 14.8. The number of hydrogen-bond acceptors (Lipinski definition) is 2. The Bertz CT molecular complexity index is 575. The summed E-state index contributed by atoms with van der Waals surface area (Å²) in [5.74, 6) is 0.273. The molecule has 0 radical (unpaired) electrons. The molecule has 1 aromatic rings. The topological polar surface area (TPSA) is 40.5 Å². The van der Waals surface area contributed by atoms with Crippen LogP contribution in [0.1, 0.15) is 71.3 Å². The molecular weight excluding hydrogens is 320 g/mol. The van der Waals surface area contributed by atoms with E-state index in [0.717, 1.165) is 50.5 Å². The molecule has 0 aliphatic carbocycles. The summed E-state index contributed by atoms with van der Waals surface area (Å²) in [6, 6.07) is 7.15. The molecule has 0 aromatic heterocycles. The molecule has 2 N–H and O–H groups in total. The van der Waals surface area contributed by atoms with E-state index in [4.69, 9.17) is 0 Å². The molecular formula is C24H36O2. The number of aromatic hydroxyl groups is 1. The van der Waals surface area contributed by atoms with Crippen molar-refractivity contribution in [3.05, 3.63) is 60.7 Å². The summed E-state index contributed by atoms with van der Waals surface area (Å²) >= 11 is 0. The predicted molar refractivity (Wildman–Crippen MR) is 113 cm³/mol. The average molecular weight is 357 g/mol. The molecule has 0 fully saturated rings. The first-order valence-corrected chi connectivity index (χ1v) is 9.88. The van der Waals surface area contributed by atoms with Crippen molar-refractivity contribution in [2.75, 3.05) is 0 Å². The zero-order valence-electron chi connectivity index (χ0n) is 16.7. The van der Waals surface area contributed by atoms with Gasteiger partial charge in [0.1, 0.15) is 5.75 Å². The minimum atomic E-state index is -0.686. The fraction of sp³-hybridized carbons (Fsp3) is 0.500. The molecule has 2 heteroatoms. The molecule has 0 bridgehead atoms. The molecule has 0 unspecified atom stereocenters. The van der Waals surface area contributed by atoms with Crippen molar-refractivity contribution in [2.24, 2.45) is 5.41 Å². The molecule has 0 saturated heterocycles. The summed E-state index contributed by atoms with van der Waals surface area (Å²) in [7, 11) is 0. The molecule has 1 aromatic carbocycles. The average Bonchev–Trinajstić information content (AvgIpc) is 2.64. The third-order valence-corrected chi connectivity index (χ3v) is 4.93. The van der Waals surface area contributed by atoms with Crippen LogP contribution in [0.4, 0.5) is 0 Å². The Labute approximate surface area is 160 Å². The number of phenols is 1. The van der Waals surface area contributed by atoms with Crippen molar-refractivity contribution in [1.29, 1.82) is 0 Å². The Hall–Kier alpha value is -1.80. The lowest BCUT2D eigenvalue weighted by atomic mass is 9.84. The van der Waals surface area contributed by atoms with Crippen molar-refractivity contribution in [3.8, 4) is 5.75 Å². The summed E-state index contributed by atoms with van der Waals surface area (Å²) in [5, 5.41) is 20.3. The van der Waals surface area contributed by atoms with Gasteiger partial charge >= 0.3 is 0 Å². The van der Waals surface area contributed by atoms with Gasteiger partial charge in [0, 0.05) is 5.41 Å². The Morgan fingerprint density at radius 2 is 1.58 bits per heavy atom. The lowest BCUT2D eigenvalue weighted by Gasteiger charge is -2.26. The maximum Gasteiger partial charge on any atom is 0.115 e. The first-order valence-electron chi connectivity index (χ1n) is 9.88. The van der Waals surface area contributed by atoms with Crippen LogP contribution in [0.15, 0.2) is 55.1 Å². The van der Waals surface area contributed by atoms with Gasteiger partial charge < -0.3 is 10.2 Å². The number of hydrogen-bond donors (Lipinski definition) is 2. The van der Waals surface area contributed by atoms with Crippen LogP contribution in [0.5, 0.6) is 5.75 Å². The number of unbranched alkanes of at least 4 members (excludes halogenated alkanes) is 2. The fourth-order valence-corrected chi connectivity index (χ4v) is 2.88. The molecule has 0 amide bonds. The van der Waals surface area contributed by atoms with Gasteiger partial charge in [0.15, 0.2) is 0 Å². The van der Waals surface area contributed by atoms with Gasteiger partial charge in [-0.3, -0.25) is 0 Å². The zero-order chi connectivity index (χ0) is 19.5. The van der Waals surface area contributed by atoms with Gasteiger partial charge in [0.25, 0.3) is 0 Å². The monoisotopic (exact) mass is 356 g/mol. The molecule has 0 aliphatic heterocycles. The van der Waals surface area contributed by atoms with E-state index in [2.05, 4.69) is 45.6 Å². The third kappa shape index (κ3) is 8.05. The quantitative estimate of drug-likeness (QED) is 0.411. The minimum Gasteiger partial charge on any atom is -0.508 e. The molecule has 26 heavy (non-hydrogen) atoms. The third-order valence-electron chi connectivity index (χ3n) is 4.93. The Balaban J connectivity index is 2.78. The Morgan fingerprint density at radius 1 is 1.00 bits per heavy atom. The second-order valence-electron chi connectivity index (χ2n) is 7.55. The zero-order valence-corrected chi connectivity index (χ0v) is 16.7. The molecule has 0 aliphatic rings. The van der Waals surface area contributed by atoms with Crippen LogP contribution in [0.3, 0.4) is 0 Å². The van der Waals surface area contributed by atoms with Gasteiger partial charge in [-0.2, -0.15) is 0 Å².